The highest BCUT2D eigenvalue weighted by Crippen LogP contribution is 2.14. The maximum absolute atomic E-state index is 12.2. The minimum Gasteiger partial charge on any atom is -0.337 e. The molecule has 1 aromatic heterocycles. The maximum atomic E-state index is 12.2. The van der Waals surface area contributed by atoms with Crippen molar-refractivity contribution in [3.63, 3.8) is 0 Å². The smallest absolute Gasteiger partial charge is 0.274 e. The van der Waals surface area contributed by atoms with Crippen LogP contribution in [0.3, 0.4) is 0 Å². The minimum atomic E-state index is 0.0448. The number of likely N-dealkylation sites (tertiary alicyclic amines) is 1. The summed E-state index contributed by atoms with van der Waals surface area (Å²) in [7, 11) is 0. The van der Waals surface area contributed by atoms with Gasteiger partial charge in [0.1, 0.15) is 12.0 Å². The van der Waals surface area contributed by atoms with Crippen molar-refractivity contribution in [2.24, 2.45) is 0 Å². The Morgan fingerprint density at radius 2 is 1.84 bits per heavy atom. The quantitative estimate of drug-likeness (QED) is 0.826. The molecule has 0 radical (unpaired) electrons. The predicted molar refractivity (Wildman–Crippen MR) is 73.4 cm³/mol. The van der Waals surface area contributed by atoms with Crippen molar-refractivity contribution in [1.29, 1.82) is 0 Å². The zero-order valence-corrected chi connectivity index (χ0v) is 11.0. The summed E-state index contributed by atoms with van der Waals surface area (Å²) >= 11 is 0. The first-order chi connectivity index (χ1) is 9.24. The number of amides is 1. The Hall–Kier alpha value is -2.10. The van der Waals surface area contributed by atoms with Crippen LogP contribution in [-0.4, -0.2) is 33.4 Å². The molecule has 0 spiro atoms. The Morgan fingerprint density at radius 3 is 2.53 bits per heavy atom. The molecule has 4 heteroatoms. The molecule has 1 aromatic carbocycles. The van der Waals surface area contributed by atoms with Crippen LogP contribution in [-0.2, 0) is 0 Å². The lowest BCUT2D eigenvalue weighted by molar-refractivity contribution is 0.0787. The average Bonchev–Trinajstić information content (AvgIpc) is 3.10. The summed E-state index contributed by atoms with van der Waals surface area (Å²) in [6.07, 6.45) is 5.72. The summed E-state index contributed by atoms with van der Waals surface area (Å²) in [4.78, 5) is 18.3. The summed E-state index contributed by atoms with van der Waals surface area (Å²) in [6, 6.07) is 8.16. The third kappa shape index (κ3) is 2.38. The number of carbonyl (C=O) groups is 1. The average molecular weight is 255 g/mol. The molecular weight excluding hydrogens is 238 g/mol. The van der Waals surface area contributed by atoms with E-state index in [0.29, 0.717) is 5.69 Å². The molecule has 0 aliphatic carbocycles. The van der Waals surface area contributed by atoms with Crippen LogP contribution < -0.4 is 0 Å². The number of aromatic nitrogens is 2. The van der Waals surface area contributed by atoms with Crippen molar-refractivity contribution in [1.82, 2.24) is 14.5 Å². The van der Waals surface area contributed by atoms with E-state index in [1.54, 1.807) is 6.33 Å². The lowest BCUT2D eigenvalue weighted by Gasteiger charge is -2.12. The van der Waals surface area contributed by atoms with Crippen molar-refractivity contribution < 1.29 is 4.79 Å². The van der Waals surface area contributed by atoms with Gasteiger partial charge < -0.3 is 9.47 Å². The number of hydrogen-bond acceptors (Lipinski definition) is 2. The van der Waals surface area contributed by atoms with Gasteiger partial charge in [-0.2, -0.15) is 0 Å². The predicted octanol–water partition coefficient (Wildman–Crippen LogP) is 2.42. The number of rotatable bonds is 2. The van der Waals surface area contributed by atoms with Gasteiger partial charge in [-0.3, -0.25) is 4.79 Å². The summed E-state index contributed by atoms with van der Waals surface area (Å²) in [5, 5.41) is 0. The summed E-state index contributed by atoms with van der Waals surface area (Å²) < 4.78 is 1.89. The Kier molecular flexibility index (Phi) is 3.07. The zero-order chi connectivity index (χ0) is 13.2. The molecule has 98 valence electrons. The molecule has 19 heavy (non-hydrogen) atoms. The first kappa shape index (κ1) is 12.0. The Bertz CT molecular complexity index is 580. The molecule has 1 fully saturated rings. The molecule has 2 aromatic rings. The number of imidazole rings is 1. The van der Waals surface area contributed by atoms with Crippen molar-refractivity contribution >= 4 is 5.91 Å². The molecule has 1 amide bonds. The Balaban J connectivity index is 1.82. The normalized spacial score (nSPS) is 14.9. The van der Waals surface area contributed by atoms with Gasteiger partial charge in [0.2, 0.25) is 0 Å². The molecular formula is C15H17N3O. The second kappa shape index (κ2) is 4.88. The number of carbonyl (C=O) groups excluding carboxylic acids is 1. The first-order valence-electron chi connectivity index (χ1n) is 6.64. The number of benzene rings is 1. The summed E-state index contributed by atoms with van der Waals surface area (Å²) in [5.74, 6) is 0.0448. The minimum absolute atomic E-state index is 0.0448. The molecule has 1 aliphatic rings. The molecule has 3 rings (SSSR count). The first-order valence-corrected chi connectivity index (χ1v) is 6.64. The lowest BCUT2D eigenvalue weighted by atomic mass is 10.2. The van der Waals surface area contributed by atoms with E-state index in [1.807, 2.05) is 27.8 Å². The number of aryl methyl sites for hydroxylation is 1. The second-order valence-corrected chi connectivity index (χ2v) is 5.00. The Morgan fingerprint density at radius 1 is 1.16 bits per heavy atom. The standard InChI is InChI=1S/C15H17N3O/c1-12-4-6-13(7-5-12)18-10-14(16-11-18)15(19)17-8-2-3-9-17/h4-7,10-11H,2-3,8-9H2,1H3. The van der Waals surface area contributed by atoms with Gasteiger partial charge in [-0.05, 0) is 31.9 Å². The van der Waals surface area contributed by atoms with Crippen LogP contribution in [0.1, 0.15) is 28.9 Å². The second-order valence-electron chi connectivity index (χ2n) is 5.00. The van der Waals surface area contributed by atoms with E-state index in [1.165, 1.54) is 5.56 Å². The van der Waals surface area contributed by atoms with Crippen molar-refractivity contribution in [2.75, 3.05) is 13.1 Å². The van der Waals surface area contributed by atoms with Gasteiger partial charge >= 0.3 is 0 Å². The Labute approximate surface area is 112 Å². The van der Waals surface area contributed by atoms with Crippen LogP contribution in [0.25, 0.3) is 5.69 Å². The highest BCUT2D eigenvalue weighted by molar-refractivity contribution is 5.92. The highest BCUT2D eigenvalue weighted by Gasteiger charge is 2.21. The van der Waals surface area contributed by atoms with Gasteiger partial charge in [0.15, 0.2) is 0 Å². The van der Waals surface area contributed by atoms with Crippen molar-refractivity contribution in [2.45, 2.75) is 19.8 Å². The molecule has 0 bridgehead atoms. The van der Waals surface area contributed by atoms with Crippen LogP contribution >= 0.6 is 0 Å². The molecule has 0 unspecified atom stereocenters. The largest absolute Gasteiger partial charge is 0.337 e. The third-order valence-corrected chi connectivity index (χ3v) is 3.53. The van der Waals surface area contributed by atoms with Gasteiger partial charge in [-0.1, -0.05) is 17.7 Å². The molecule has 0 atom stereocenters. The van der Waals surface area contributed by atoms with Gasteiger partial charge in [0.05, 0.1) is 0 Å². The fourth-order valence-corrected chi connectivity index (χ4v) is 2.37. The van der Waals surface area contributed by atoms with Crippen molar-refractivity contribution in [3.8, 4) is 5.69 Å². The summed E-state index contributed by atoms with van der Waals surface area (Å²) in [5.41, 5.74) is 2.78. The van der Waals surface area contributed by atoms with E-state index in [4.69, 9.17) is 0 Å². The van der Waals surface area contributed by atoms with E-state index in [2.05, 4.69) is 24.0 Å². The monoisotopic (exact) mass is 255 g/mol. The van der Waals surface area contributed by atoms with Gasteiger partial charge in [-0.25, -0.2) is 4.98 Å². The van der Waals surface area contributed by atoms with Crippen LogP contribution in [0, 0.1) is 6.92 Å². The van der Waals surface area contributed by atoms with Crippen LogP contribution in [0.15, 0.2) is 36.8 Å². The molecule has 2 heterocycles. The van der Waals surface area contributed by atoms with E-state index in [0.717, 1.165) is 31.6 Å². The highest BCUT2D eigenvalue weighted by atomic mass is 16.2. The fourth-order valence-electron chi connectivity index (χ4n) is 2.37. The van der Waals surface area contributed by atoms with E-state index in [9.17, 15) is 4.79 Å². The molecule has 1 saturated heterocycles. The zero-order valence-electron chi connectivity index (χ0n) is 11.0. The SMILES string of the molecule is Cc1ccc(-n2cnc(C(=O)N3CCCC3)c2)cc1. The van der Waals surface area contributed by atoms with E-state index in [-0.39, 0.29) is 5.91 Å². The molecule has 1 aliphatic heterocycles. The summed E-state index contributed by atoms with van der Waals surface area (Å²) in [6.45, 7) is 3.77. The maximum Gasteiger partial charge on any atom is 0.274 e. The van der Waals surface area contributed by atoms with Gasteiger partial charge in [-0.15, -0.1) is 0 Å². The number of hydrogen-bond donors (Lipinski definition) is 0. The topological polar surface area (TPSA) is 38.1 Å². The molecule has 0 N–H and O–H groups in total. The third-order valence-electron chi connectivity index (χ3n) is 3.53. The van der Waals surface area contributed by atoms with E-state index >= 15 is 0 Å². The number of nitrogens with zero attached hydrogens (tertiary/aromatic N) is 3. The van der Waals surface area contributed by atoms with E-state index < -0.39 is 0 Å². The van der Waals surface area contributed by atoms with Crippen LogP contribution in [0.4, 0.5) is 0 Å². The fraction of sp³-hybridized carbons (Fsp3) is 0.333. The van der Waals surface area contributed by atoms with Crippen molar-refractivity contribution in [3.05, 3.63) is 48.0 Å². The van der Waals surface area contributed by atoms with Crippen LogP contribution in [0.2, 0.25) is 0 Å². The van der Waals surface area contributed by atoms with Gasteiger partial charge in [0, 0.05) is 25.0 Å². The van der Waals surface area contributed by atoms with Crippen LogP contribution in [0.5, 0.6) is 0 Å². The van der Waals surface area contributed by atoms with Gasteiger partial charge in [0.25, 0.3) is 5.91 Å². The molecule has 4 nitrogen and oxygen atoms in total. The lowest BCUT2D eigenvalue weighted by Crippen LogP contribution is -2.27. The molecule has 0 saturated carbocycles.